The van der Waals surface area contributed by atoms with E-state index in [2.05, 4.69) is 11.1 Å². The Kier molecular flexibility index (Phi) is 2.57. The number of hydrogen-bond acceptors (Lipinski definition) is 3. The summed E-state index contributed by atoms with van der Waals surface area (Å²) in [4.78, 5) is 4.08. The summed E-state index contributed by atoms with van der Waals surface area (Å²) in [5.74, 6) is 0.216. The molecular formula is C13H10N2O. The molecule has 2 rings (SSSR count). The minimum absolute atomic E-state index is 0.216. The molecule has 0 amide bonds. The summed E-state index contributed by atoms with van der Waals surface area (Å²) in [7, 11) is 0. The smallest absolute Gasteiger partial charge is 0.115 e. The maximum atomic E-state index is 9.21. The summed E-state index contributed by atoms with van der Waals surface area (Å²) in [5, 5.41) is 18.2. The zero-order valence-corrected chi connectivity index (χ0v) is 8.81. The van der Waals surface area contributed by atoms with Crippen molar-refractivity contribution in [3.63, 3.8) is 0 Å². The summed E-state index contributed by atoms with van der Waals surface area (Å²) in [6, 6.07) is 10.7. The first-order chi connectivity index (χ1) is 7.70. The lowest BCUT2D eigenvalue weighted by molar-refractivity contribution is 0.475. The predicted octanol–water partition coefficient (Wildman–Crippen LogP) is 2.63. The summed E-state index contributed by atoms with van der Waals surface area (Å²) < 4.78 is 0. The number of aryl methyl sites for hydroxylation is 1. The molecule has 2 aromatic rings. The van der Waals surface area contributed by atoms with Crippen LogP contribution in [0.1, 0.15) is 11.3 Å². The fourth-order valence-electron chi connectivity index (χ4n) is 1.53. The van der Waals surface area contributed by atoms with Gasteiger partial charge in [-0.1, -0.05) is 12.1 Å². The molecule has 0 fully saturated rings. The second-order valence-corrected chi connectivity index (χ2v) is 3.53. The van der Waals surface area contributed by atoms with Crippen molar-refractivity contribution < 1.29 is 5.11 Å². The van der Waals surface area contributed by atoms with Crippen molar-refractivity contribution in [3.8, 4) is 22.9 Å². The van der Waals surface area contributed by atoms with Gasteiger partial charge in [0.1, 0.15) is 11.8 Å². The first kappa shape index (κ1) is 10.2. The molecule has 0 saturated heterocycles. The minimum Gasteiger partial charge on any atom is -0.508 e. The molecule has 16 heavy (non-hydrogen) atoms. The molecule has 3 nitrogen and oxygen atoms in total. The van der Waals surface area contributed by atoms with Crippen molar-refractivity contribution in [2.24, 2.45) is 0 Å². The molecule has 0 atom stereocenters. The van der Waals surface area contributed by atoms with E-state index in [0.717, 1.165) is 16.8 Å². The number of nitrogens with zero attached hydrogens (tertiary/aromatic N) is 2. The molecule has 3 heteroatoms. The zero-order chi connectivity index (χ0) is 11.5. The van der Waals surface area contributed by atoms with Gasteiger partial charge >= 0.3 is 0 Å². The summed E-state index contributed by atoms with van der Waals surface area (Å²) >= 11 is 0. The maximum absolute atomic E-state index is 9.21. The Labute approximate surface area is 93.6 Å². The number of hydrogen-bond donors (Lipinski definition) is 1. The summed E-state index contributed by atoms with van der Waals surface area (Å²) in [5.41, 5.74) is 3.15. The highest BCUT2D eigenvalue weighted by atomic mass is 16.3. The van der Waals surface area contributed by atoms with Gasteiger partial charge in [-0.2, -0.15) is 5.26 Å². The number of benzene rings is 1. The van der Waals surface area contributed by atoms with Gasteiger partial charge in [-0.25, -0.2) is 0 Å². The molecule has 0 aliphatic carbocycles. The SMILES string of the molecule is Cc1cc(-c2ccc(O)cc2)c(C#N)cn1. The predicted molar refractivity (Wildman–Crippen MR) is 60.8 cm³/mol. The van der Waals surface area contributed by atoms with Crippen LogP contribution in [0.4, 0.5) is 0 Å². The standard InChI is InChI=1S/C13H10N2O/c1-9-6-13(11(7-14)8-15-9)10-2-4-12(16)5-3-10/h2-6,8,16H,1H3. The second kappa shape index (κ2) is 4.03. The van der Waals surface area contributed by atoms with Gasteiger partial charge in [0.2, 0.25) is 0 Å². The van der Waals surface area contributed by atoms with Gasteiger partial charge in [0.05, 0.1) is 5.56 Å². The van der Waals surface area contributed by atoms with Crippen LogP contribution in [0.25, 0.3) is 11.1 Å². The lowest BCUT2D eigenvalue weighted by Gasteiger charge is -2.05. The Hall–Kier alpha value is -2.34. The minimum atomic E-state index is 0.216. The average molecular weight is 210 g/mol. The molecular weight excluding hydrogens is 200 g/mol. The Morgan fingerprint density at radius 1 is 1.25 bits per heavy atom. The average Bonchev–Trinajstić information content (AvgIpc) is 2.30. The van der Waals surface area contributed by atoms with Gasteiger partial charge in [-0.05, 0) is 30.7 Å². The lowest BCUT2D eigenvalue weighted by atomic mass is 10.0. The highest BCUT2D eigenvalue weighted by Gasteiger charge is 2.05. The Morgan fingerprint density at radius 3 is 2.56 bits per heavy atom. The molecule has 0 spiro atoms. The van der Waals surface area contributed by atoms with Crippen LogP contribution in [0, 0.1) is 18.3 Å². The number of nitriles is 1. The fourth-order valence-corrected chi connectivity index (χ4v) is 1.53. The summed E-state index contributed by atoms with van der Waals surface area (Å²) in [6.45, 7) is 1.88. The first-order valence-corrected chi connectivity index (χ1v) is 4.87. The molecule has 1 N–H and O–H groups in total. The van der Waals surface area contributed by atoms with E-state index >= 15 is 0 Å². The van der Waals surface area contributed by atoms with Crippen LogP contribution >= 0.6 is 0 Å². The number of aromatic hydroxyl groups is 1. The van der Waals surface area contributed by atoms with Gasteiger partial charge in [0.15, 0.2) is 0 Å². The number of aromatic nitrogens is 1. The van der Waals surface area contributed by atoms with Crippen molar-refractivity contribution >= 4 is 0 Å². The molecule has 0 radical (unpaired) electrons. The van der Waals surface area contributed by atoms with Crippen molar-refractivity contribution in [1.82, 2.24) is 4.98 Å². The molecule has 0 saturated carbocycles. The lowest BCUT2D eigenvalue weighted by Crippen LogP contribution is -1.89. The Bertz CT molecular complexity index is 553. The van der Waals surface area contributed by atoms with Gasteiger partial charge in [-0.3, -0.25) is 4.98 Å². The van der Waals surface area contributed by atoms with Crippen molar-refractivity contribution in [2.75, 3.05) is 0 Å². The van der Waals surface area contributed by atoms with Crippen molar-refractivity contribution in [2.45, 2.75) is 6.92 Å². The maximum Gasteiger partial charge on any atom is 0.115 e. The van der Waals surface area contributed by atoms with E-state index in [9.17, 15) is 5.11 Å². The molecule has 0 aliphatic heterocycles. The van der Waals surface area contributed by atoms with Crippen LogP contribution in [0.2, 0.25) is 0 Å². The van der Waals surface area contributed by atoms with E-state index in [4.69, 9.17) is 5.26 Å². The van der Waals surface area contributed by atoms with Gasteiger partial charge in [0.25, 0.3) is 0 Å². The van der Waals surface area contributed by atoms with E-state index in [0.29, 0.717) is 5.56 Å². The third-order valence-electron chi connectivity index (χ3n) is 2.34. The molecule has 0 bridgehead atoms. The van der Waals surface area contributed by atoms with E-state index in [1.165, 1.54) is 0 Å². The van der Waals surface area contributed by atoms with E-state index in [1.807, 2.05) is 13.0 Å². The highest BCUT2D eigenvalue weighted by Crippen LogP contribution is 2.25. The molecule has 0 unspecified atom stereocenters. The topological polar surface area (TPSA) is 56.9 Å². The van der Waals surface area contributed by atoms with E-state index < -0.39 is 0 Å². The fraction of sp³-hybridized carbons (Fsp3) is 0.0769. The van der Waals surface area contributed by atoms with Crippen molar-refractivity contribution in [1.29, 1.82) is 5.26 Å². The summed E-state index contributed by atoms with van der Waals surface area (Å²) in [6.07, 6.45) is 1.57. The zero-order valence-electron chi connectivity index (χ0n) is 8.81. The van der Waals surface area contributed by atoms with Crippen molar-refractivity contribution in [3.05, 3.63) is 47.8 Å². The second-order valence-electron chi connectivity index (χ2n) is 3.53. The molecule has 0 aliphatic rings. The highest BCUT2D eigenvalue weighted by molar-refractivity contribution is 5.70. The number of phenolic OH excluding ortho intramolecular Hbond substituents is 1. The number of phenols is 1. The van der Waals surface area contributed by atoms with E-state index in [-0.39, 0.29) is 5.75 Å². The third-order valence-corrected chi connectivity index (χ3v) is 2.34. The van der Waals surface area contributed by atoms with Crippen LogP contribution in [0.3, 0.4) is 0 Å². The number of rotatable bonds is 1. The first-order valence-electron chi connectivity index (χ1n) is 4.87. The number of pyridine rings is 1. The van der Waals surface area contributed by atoms with Gasteiger partial charge < -0.3 is 5.11 Å². The molecule has 78 valence electrons. The van der Waals surface area contributed by atoms with Gasteiger partial charge in [-0.15, -0.1) is 0 Å². The third kappa shape index (κ3) is 1.86. The van der Waals surface area contributed by atoms with Crippen LogP contribution in [-0.2, 0) is 0 Å². The Balaban J connectivity index is 2.59. The van der Waals surface area contributed by atoms with Gasteiger partial charge in [0, 0.05) is 17.5 Å². The van der Waals surface area contributed by atoms with Crippen LogP contribution < -0.4 is 0 Å². The monoisotopic (exact) mass is 210 g/mol. The quantitative estimate of drug-likeness (QED) is 0.787. The van der Waals surface area contributed by atoms with Crippen LogP contribution in [0.5, 0.6) is 5.75 Å². The van der Waals surface area contributed by atoms with Crippen LogP contribution in [0.15, 0.2) is 36.5 Å². The normalized spacial score (nSPS) is 9.75. The molecule has 1 aromatic carbocycles. The largest absolute Gasteiger partial charge is 0.508 e. The van der Waals surface area contributed by atoms with Crippen LogP contribution in [-0.4, -0.2) is 10.1 Å². The molecule has 1 aromatic heterocycles. The Morgan fingerprint density at radius 2 is 1.94 bits per heavy atom. The van der Waals surface area contributed by atoms with E-state index in [1.54, 1.807) is 30.5 Å². The molecule has 1 heterocycles.